The first-order chi connectivity index (χ1) is 15.5. The molecule has 4 rings (SSSR count). The van der Waals surface area contributed by atoms with E-state index >= 15 is 0 Å². The van der Waals surface area contributed by atoms with Gasteiger partial charge in [-0.1, -0.05) is 63.0 Å². The average Bonchev–Trinajstić information content (AvgIpc) is 2.85. The van der Waals surface area contributed by atoms with Crippen LogP contribution in [0.1, 0.15) is 52.1 Å². The Balaban J connectivity index is 2.10. The molecule has 0 saturated heterocycles. The second kappa shape index (κ2) is 8.69. The first kappa shape index (κ1) is 23.7. The van der Waals surface area contributed by atoms with Crippen LogP contribution in [0.25, 0.3) is 0 Å². The quantitative estimate of drug-likeness (QED) is 0.517. The van der Waals surface area contributed by atoms with E-state index in [0.717, 1.165) is 11.4 Å². The molecule has 1 atom stereocenters. The minimum atomic E-state index is -0.735. The van der Waals surface area contributed by atoms with E-state index in [-0.39, 0.29) is 23.0 Å². The molecule has 0 saturated carbocycles. The number of ketones is 1. The first-order valence-electron chi connectivity index (χ1n) is 11.0. The summed E-state index contributed by atoms with van der Waals surface area (Å²) >= 11 is 12.9. The van der Waals surface area contributed by atoms with Crippen molar-refractivity contribution in [3.8, 4) is 5.75 Å². The number of para-hydroxylation sites is 2. The van der Waals surface area contributed by atoms with Gasteiger partial charge in [-0.25, -0.2) is 0 Å². The maximum atomic E-state index is 13.7. The third-order valence-electron chi connectivity index (χ3n) is 6.17. The Hall–Kier alpha value is -2.50. The van der Waals surface area contributed by atoms with Crippen LogP contribution in [0.4, 0.5) is 11.4 Å². The van der Waals surface area contributed by atoms with Crippen LogP contribution in [0, 0.1) is 11.3 Å². The zero-order chi connectivity index (χ0) is 24.1. The molecule has 1 N–H and O–H groups in total. The summed E-state index contributed by atoms with van der Waals surface area (Å²) in [5.74, 6) is -0.0278. The number of carbonyl (C=O) groups excluding carboxylic acids is 2. The maximum absolute atomic E-state index is 13.7. The topological polar surface area (TPSA) is 58.6 Å². The molecule has 2 aliphatic rings. The number of rotatable bonds is 3. The predicted molar refractivity (Wildman–Crippen MR) is 133 cm³/mol. The molecule has 0 bridgehead atoms. The monoisotopic (exact) mass is 486 g/mol. The van der Waals surface area contributed by atoms with Crippen molar-refractivity contribution >= 4 is 46.3 Å². The lowest BCUT2D eigenvalue weighted by Gasteiger charge is -2.38. The largest absolute Gasteiger partial charge is 0.495 e. The van der Waals surface area contributed by atoms with Gasteiger partial charge in [-0.2, -0.15) is 0 Å². The molecular formula is C26H28Cl2N2O3. The third kappa shape index (κ3) is 4.24. The Morgan fingerprint density at radius 3 is 2.55 bits per heavy atom. The molecule has 174 valence electrons. The van der Waals surface area contributed by atoms with Gasteiger partial charge in [0.2, 0.25) is 5.91 Å². The second-order valence-electron chi connectivity index (χ2n) is 9.75. The number of nitrogens with zero attached hydrogens (tertiary/aromatic N) is 1. The lowest BCUT2D eigenvalue weighted by Crippen LogP contribution is -2.41. The van der Waals surface area contributed by atoms with E-state index in [4.69, 9.17) is 27.9 Å². The number of methoxy groups -OCH3 is 1. The molecule has 0 unspecified atom stereocenters. The number of carbonyl (C=O) groups is 2. The Kier molecular flexibility index (Phi) is 6.23. The SMILES string of the molecule is COc1c(Cl)cc(Cl)cc1[C@@H]1C2=C(CC(C)(C)CC2=O)Nc2ccccc2N1C(=O)C(C)C. The Morgan fingerprint density at radius 1 is 1.18 bits per heavy atom. The number of nitrogens with one attached hydrogen (secondary N) is 1. The van der Waals surface area contributed by atoms with Crippen molar-refractivity contribution in [2.75, 3.05) is 17.3 Å². The van der Waals surface area contributed by atoms with Gasteiger partial charge >= 0.3 is 0 Å². The van der Waals surface area contributed by atoms with E-state index < -0.39 is 6.04 Å². The highest BCUT2D eigenvalue weighted by molar-refractivity contribution is 6.35. The number of Topliss-reactive ketones (excluding diaryl/α,β-unsaturated/α-hetero) is 1. The summed E-state index contributed by atoms with van der Waals surface area (Å²) in [5, 5.41) is 4.23. The molecule has 0 radical (unpaired) electrons. The van der Waals surface area contributed by atoms with Crippen LogP contribution in [0.3, 0.4) is 0 Å². The molecule has 7 heteroatoms. The van der Waals surface area contributed by atoms with Gasteiger partial charge in [0.25, 0.3) is 0 Å². The zero-order valence-corrected chi connectivity index (χ0v) is 21.0. The fourth-order valence-corrected chi connectivity index (χ4v) is 5.39. The number of fused-ring (bicyclic) bond motifs is 1. The standard InChI is InChI=1S/C26H28Cl2N2O3/c1-14(2)25(32)30-20-9-7-6-8-18(20)29-19-12-26(3,4)13-21(31)22(19)23(30)16-10-15(27)11-17(28)24(16)33-5/h6-11,14,23,29H,12-13H2,1-5H3/t23-/m1/s1. The molecule has 0 fully saturated rings. The number of amides is 1. The summed E-state index contributed by atoms with van der Waals surface area (Å²) in [6.45, 7) is 7.86. The molecule has 1 aliphatic carbocycles. The van der Waals surface area contributed by atoms with Gasteiger partial charge in [0, 0.05) is 34.2 Å². The predicted octanol–water partition coefficient (Wildman–Crippen LogP) is 6.80. The minimum absolute atomic E-state index is 0.00809. The van der Waals surface area contributed by atoms with Gasteiger partial charge in [0.15, 0.2) is 5.78 Å². The van der Waals surface area contributed by atoms with Crippen molar-refractivity contribution in [2.45, 2.75) is 46.6 Å². The van der Waals surface area contributed by atoms with E-state index in [0.29, 0.717) is 45.5 Å². The van der Waals surface area contributed by atoms with Crippen LogP contribution < -0.4 is 15.0 Å². The van der Waals surface area contributed by atoms with Gasteiger partial charge in [0.05, 0.1) is 29.5 Å². The van der Waals surface area contributed by atoms with E-state index in [1.807, 2.05) is 38.1 Å². The van der Waals surface area contributed by atoms with Gasteiger partial charge in [-0.3, -0.25) is 14.5 Å². The summed E-state index contributed by atoms with van der Waals surface area (Å²) in [6.07, 6.45) is 1.04. The number of allylic oxidation sites excluding steroid dienone is 1. The lowest BCUT2D eigenvalue weighted by atomic mass is 9.73. The molecule has 1 amide bonds. The average molecular weight is 487 g/mol. The number of ether oxygens (including phenoxy) is 1. The van der Waals surface area contributed by atoms with Crippen molar-refractivity contribution < 1.29 is 14.3 Å². The van der Waals surface area contributed by atoms with E-state index in [1.54, 1.807) is 17.0 Å². The number of anilines is 2. The van der Waals surface area contributed by atoms with Crippen LogP contribution in [-0.2, 0) is 9.59 Å². The van der Waals surface area contributed by atoms with Crippen molar-refractivity contribution in [3.63, 3.8) is 0 Å². The molecule has 2 aromatic carbocycles. The van der Waals surface area contributed by atoms with Crippen molar-refractivity contribution in [1.82, 2.24) is 0 Å². The highest BCUT2D eigenvalue weighted by atomic mass is 35.5. The van der Waals surface area contributed by atoms with E-state index in [1.165, 1.54) is 7.11 Å². The Labute approximate surface area is 204 Å². The van der Waals surface area contributed by atoms with Crippen LogP contribution in [0.2, 0.25) is 10.0 Å². The summed E-state index contributed by atoms with van der Waals surface area (Å²) in [4.78, 5) is 29.1. The van der Waals surface area contributed by atoms with E-state index in [2.05, 4.69) is 19.2 Å². The van der Waals surface area contributed by atoms with Crippen molar-refractivity contribution in [3.05, 3.63) is 63.3 Å². The van der Waals surface area contributed by atoms with Crippen LogP contribution in [-0.4, -0.2) is 18.8 Å². The molecule has 33 heavy (non-hydrogen) atoms. The van der Waals surface area contributed by atoms with Crippen molar-refractivity contribution in [2.24, 2.45) is 11.3 Å². The van der Waals surface area contributed by atoms with Gasteiger partial charge < -0.3 is 10.1 Å². The highest BCUT2D eigenvalue weighted by Crippen LogP contribution is 2.51. The van der Waals surface area contributed by atoms with Crippen molar-refractivity contribution in [1.29, 1.82) is 0 Å². The number of benzene rings is 2. The smallest absolute Gasteiger partial charge is 0.230 e. The fraction of sp³-hybridized carbons (Fsp3) is 0.385. The minimum Gasteiger partial charge on any atom is -0.495 e. The normalized spacial score (nSPS) is 19.6. The summed E-state index contributed by atoms with van der Waals surface area (Å²) < 4.78 is 5.67. The molecule has 1 heterocycles. The van der Waals surface area contributed by atoms with Crippen LogP contribution >= 0.6 is 23.2 Å². The Morgan fingerprint density at radius 2 is 1.88 bits per heavy atom. The van der Waals surface area contributed by atoms with Crippen LogP contribution in [0.5, 0.6) is 5.75 Å². The first-order valence-corrected chi connectivity index (χ1v) is 11.8. The van der Waals surface area contributed by atoms with E-state index in [9.17, 15) is 9.59 Å². The summed E-state index contributed by atoms with van der Waals surface area (Å²) in [6, 6.07) is 10.2. The maximum Gasteiger partial charge on any atom is 0.230 e. The molecular weight excluding hydrogens is 459 g/mol. The molecule has 0 spiro atoms. The number of hydrogen-bond donors (Lipinski definition) is 1. The fourth-order valence-electron chi connectivity index (χ4n) is 4.80. The summed E-state index contributed by atoms with van der Waals surface area (Å²) in [7, 11) is 1.53. The number of halogens is 2. The van der Waals surface area contributed by atoms with Crippen LogP contribution in [0.15, 0.2) is 47.7 Å². The molecule has 0 aromatic heterocycles. The second-order valence-corrected chi connectivity index (χ2v) is 10.6. The number of hydrogen-bond acceptors (Lipinski definition) is 4. The molecule has 1 aliphatic heterocycles. The van der Waals surface area contributed by atoms with Gasteiger partial charge in [-0.05, 0) is 36.1 Å². The lowest BCUT2D eigenvalue weighted by molar-refractivity contribution is -0.122. The zero-order valence-electron chi connectivity index (χ0n) is 19.5. The molecule has 2 aromatic rings. The highest BCUT2D eigenvalue weighted by Gasteiger charge is 2.44. The van der Waals surface area contributed by atoms with Gasteiger partial charge in [0.1, 0.15) is 5.75 Å². The van der Waals surface area contributed by atoms with Gasteiger partial charge in [-0.15, -0.1) is 0 Å². The summed E-state index contributed by atoms with van der Waals surface area (Å²) in [5.41, 5.74) is 3.21. The Bertz CT molecular complexity index is 1170. The molecule has 5 nitrogen and oxygen atoms in total. The third-order valence-corrected chi connectivity index (χ3v) is 6.67.